The minimum Gasteiger partial charge on any atom is -0.388 e. The van der Waals surface area contributed by atoms with Crippen LogP contribution < -0.4 is 5.32 Å². The molecular formula is C9H17NO2. The van der Waals surface area contributed by atoms with Gasteiger partial charge in [-0.15, -0.1) is 0 Å². The molecule has 70 valence electrons. The highest BCUT2D eigenvalue weighted by molar-refractivity contribution is 5.46. The van der Waals surface area contributed by atoms with Gasteiger partial charge in [0.1, 0.15) is 0 Å². The van der Waals surface area contributed by atoms with E-state index in [4.69, 9.17) is 0 Å². The third-order valence-corrected chi connectivity index (χ3v) is 2.55. The molecule has 1 aliphatic carbocycles. The van der Waals surface area contributed by atoms with Gasteiger partial charge >= 0.3 is 0 Å². The van der Waals surface area contributed by atoms with Crippen molar-refractivity contribution in [1.29, 1.82) is 0 Å². The third kappa shape index (κ3) is 2.81. The topological polar surface area (TPSA) is 49.3 Å². The Bertz CT molecular complexity index is 139. The summed E-state index contributed by atoms with van der Waals surface area (Å²) in [5, 5.41) is 12.5. The average Bonchev–Trinajstić information content (AvgIpc) is 2.27. The van der Waals surface area contributed by atoms with Crippen LogP contribution in [0.3, 0.4) is 0 Å². The number of hydrogen-bond donors (Lipinski definition) is 2. The summed E-state index contributed by atoms with van der Waals surface area (Å²) in [7, 11) is 0. The van der Waals surface area contributed by atoms with Crippen LogP contribution in [0.25, 0.3) is 0 Å². The molecule has 0 aromatic carbocycles. The average molecular weight is 171 g/mol. The van der Waals surface area contributed by atoms with Crippen molar-refractivity contribution in [3.8, 4) is 0 Å². The Morgan fingerprint density at radius 1 is 1.25 bits per heavy atom. The molecule has 0 aliphatic heterocycles. The predicted octanol–water partition coefficient (Wildman–Crippen LogP) is 0.818. The molecule has 1 rings (SSSR count). The molecule has 12 heavy (non-hydrogen) atoms. The molecule has 0 saturated heterocycles. The van der Waals surface area contributed by atoms with E-state index in [1.807, 2.05) is 0 Å². The summed E-state index contributed by atoms with van der Waals surface area (Å²) in [6, 6.07) is 0. The van der Waals surface area contributed by atoms with Gasteiger partial charge in [0.15, 0.2) is 0 Å². The second kappa shape index (κ2) is 4.45. The first kappa shape index (κ1) is 9.52. The van der Waals surface area contributed by atoms with Crippen LogP contribution in [-0.2, 0) is 4.79 Å². The van der Waals surface area contributed by atoms with E-state index in [-0.39, 0.29) is 0 Å². The zero-order valence-electron chi connectivity index (χ0n) is 7.38. The molecule has 0 unspecified atom stereocenters. The molecule has 1 saturated carbocycles. The highest BCUT2D eigenvalue weighted by Crippen LogP contribution is 2.25. The molecule has 3 heteroatoms. The number of aliphatic hydroxyl groups is 1. The summed E-state index contributed by atoms with van der Waals surface area (Å²) in [5.74, 6) is 0. The van der Waals surface area contributed by atoms with Crippen LogP contribution in [0.15, 0.2) is 0 Å². The third-order valence-electron chi connectivity index (χ3n) is 2.55. The lowest BCUT2D eigenvalue weighted by atomic mass is 9.95. The molecule has 0 aromatic heterocycles. The lowest BCUT2D eigenvalue weighted by molar-refractivity contribution is -0.110. The Labute approximate surface area is 73.2 Å². The Morgan fingerprint density at radius 2 is 1.83 bits per heavy atom. The second-order valence-electron chi connectivity index (χ2n) is 3.64. The van der Waals surface area contributed by atoms with E-state index in [0.717, 1.165) is 25.7 Å². The van der Waals surface area contributed by atoms with Crippen LogP contribution in [0.1, 0.15) is 38.5 Å². The minimum absolute atomic E-state index is 0.413. The highest BCUT2D eigenvalue weighted by Gasteiger charge is 2.27. The molecule has 0 atom stereocenters. The molecular weight excluding hydrogens is 154 g/mol. The molecule has 2 N–H and O–H groups in total. The Balaban J connectivity index is 2.36. The number of hydrogen-bond acceptors (Lipinski definition) is 2. The fourth-order valence-electron chi connectivity index (χ4n) is 1.80. The lowest BCUT2D eigenvalue weighted by Crippen LogP contribution is -2.39. The van der Waals surface area contributed by atoms with Gasteiger partial charge in [-0.3, -0.25) is 4.79 Å². The van der Waals surface area contributed by atoms with Crippen molar-refractivity contribution in [1.82, 2.24) is 5.32 Å². The van der Waals surface area contributed by atoms with E-state index in [2.05, 4.69) is 5.32 Å². The molecule has 0 bridgehead atoms. The van der Waals surface area contributed by atoms with Crippen LogP contribution in [0.2, 0.25) is 0 Å². The number of amides is 1. The molecule has 1 amide bonds. The van der Waals surface area contributed by atoms with Gasteiger partial charge in [-0.25, -0.2) is 0 Å². The van der Waals surface area contributed by atoms with Crippen molar-refractivity contribution in [3.05, 3.63) is 0 Å². The van der Waals surface area contributed by atoms with E-state index in [1.165, 1.54) is 12.8 Å². The lowest BCUT2D eigenvalue weighted by Gasteiger charge is -2.25. The summed E-state index contributed by atoms with van der Waals surface area (Å²) in [6.07, 6.45) is 6.89. The summed E-state index contributed by atoms with van der Waals surface area (Å²) >= 11 is 0. The largest absolute Gasteiger partial charge is 0.388 e. The fourth-order valence-corrected chi connectivity index (χ4v) is 1.80. The zero-order chi connectivity index (χ0) is 8.86. The van der Waals surface area contributed by atoms with Crippen molar-refractivity contribution >= 4 is 6.41 Å². The summed E-state index contributed by atoms with van der Waals surface area (Å²) in [5.41, 5.74) is -0.628. The van der Waals surface area contributed by atoms with Gasteiger partial charge in [-0.1, -0.05) is 25.7 Å². The zero-order valence-corrected chi connectivity index (χ0v) is 7.38. The first-order chi connectivity index (χ1) is 5.77. The van der Waals surface area contributed by atoms with Crippen molar-refractivity contribution in [2.75, 3.05) is 6.54 Å². The molecule has 0 aromatic rings. The van der Waals surface area contributed by atoms with Gasteiger partial charge in [0.2, 0.25) is 6.41 Å². The minimum atomic E-state index is -0.628. The van der Waals surface area contributed by atoms with Crippen LogP contribution in [0.4, 0.5) is 0 Å². The van der Waals surface area contributed by atoms with Gasteiger partial charge in [-0.2, -0.15) is 0 Å². The smallest absolute Gasteiger partial charge is 0.207 e. The van der Waals surface area contributed by atoms with E-state index >= 15 is 0 Å². The van der Waals surface area contributed by atoms with Crippen molar-refractivity contribution < 1.29 is 9.90 Å². The molecule has 0 spiro atoms. The predicted molar refractivity (Wildman–Crippen MR) is 46.7 cm³/mol. The first-order valence-corrected chi connectivity index (χ1v) is 4.66. The molecule has 3 nitrogen and oxygen atoms in total. The molecule has 0 heterocycles. The fraction of sp³-hybridized carbons (Fsp3) is 0.889. The quantitative estimate of drug-likeness (QED) is 0.488. The number of carbonyl (C=O) groups excluding carboxylic acids is 1. The van der Waals surface area contributed by atoms with Gasteiger partial charge in [0, 0.05) is 6.54 Å². The summed E-state index contributed by atoms with van der Waals surface area (Å²) in [4.78, 5) is 10.1. The SMILES string of the molecule is O=CNCC1(O)CCCCCC1. The number of carbonyl (C=O) groups is 1. The van der Waals surface area contributed by atoms with E-state index in [0.29, 0.717) is 13.0 Å². The Kier molecular flexibility index (Phi) is 3.53. The Hall–Kier alpha value is -0.570. The van der Waals surface area contributed by atoms with Gasteiger partial charge in [0.25, 0.3) is 0 Å². The van der Waals surface area contributed by atoms with Crippen LogP contribution >= 0.6 is 0 Å². The second-order valence-corrected chi connectivity index (χ2v) is 3.64. The summed E-state index contributed by atoms with van der Waals surface area (Å²) in [6.45, 7) is 0.413. The summed E-state index contributed by atoms with van der Waals surface area (Å²) < 4.78 is 0. The number of nitrogens with one attached hydrogen (secondary N) is 1. The van der Waals surface area contributed by atoms with Crippen LogP contribution in [0, 0.1) is 0 Å². The highest BCUT2D eigenvalue weighted by atomic mass is 16.3. The van der Waals surface area contributed by atoms with Gasteiger partial charge in [-0.05, 0) is 12.8 Å². The molecule has 1 aliphatic rings. The van der Waals surface area contributed by atoms with Crippen molar-refractivity contribution in [2.24, 2.45) is 0 Å². The van der Waals surface area contributed by atoms with E-state index < -0.39 is 5.60 Å². The van der Waals surface area contributed by atoms with Crippen molar-refractivity contribution in [3.63, 3.8) is 0 Å². The molecule has 0 radical (unpaired) electrons. The maximum atomic E-state index is 10.1. The van der Waals surface area contributed by atoms with E-state index in [1.54, 1.807) is 0 Å². The molecule has 1 fully saturated rings. The van der Waals surface area contributed by atoms with E-state index in [9.17, 15) is 9.90 Å². The Morgan fingerprint density at radius 3 is 2.33 bits per heavy atom. The maximum absolute atomic E-state index is 10.1. The number of rotatable bonds is 3. The van der Waals surface area contributed by atoms with Crippen LogP contribution in [-0.4, -0.2) is 23.7 Å². The first-order valence-electron chi connectivity index (χ1n) is 4.66. The van der Waals surface area contributed by atoms with Gasteiger partial charge in [0.05, 0.1) is 5.60 Å². The van der Waals surface area contributed by atoms with Gasteiger partial charge < -0.3 is 10.4 Å². The maximum Gasteiger partial charge on any atom is 0.207 e. The monoisotopic (exact) mass is 171 g/mol. The van der Waals surface area contributed by atoms with Crippen LogP contribution in [0.5, 0.6) is 0 Å². The standard InChI is InChI=1S/C9H17NO2/c11-8-10-7-9(12)5-3-1-2-4-6-9/h8,12H,1-7H2,(H,10,11). The van der Waals surface area contributed by atoms with Crippen molar-refractivity contribution in [2.45, 2.75) is 44.1 Å². The normalized spacial score (nSPS) is 22.8.